The lowest BCUT2D eigenvalue weighted by atomic mass is 9.95. The lowest BCUT2D eigenvalue weighted by molar-refractivity contribution is 0.0207. The highest BCUT2D eigenvalue weighted by molar-refractivity contribution is 7.80. The average Bonchev–Trinajstić information content (AvgIpc) is 2.41. The maximum absolute atomic E-state index is 6.11. The lowest BCUT2D eigenvalue weighted by Gasteiger charge is -2.29. The van der Waals surface area contributed by atoms with Crippen LogP contribution in [0.25, 0.3) is 0 Å². The number of ether oxygens (including phenoxy) is 2. The van der Waals surface area contributed by atoms with Crippen molar-refractivity contribution >= 4 is 17.2 Å². The van der Waals surface area contributed by atoms with Crippen molar-refractivity contribution < 1.29 is 9.47 Å². The Labute approximate surface area is 120 Å². The van der Waals surface area contributed by atoms with Crippen molar-refractivity contribution in [3.63, 3.8) is 0 Å². The van der Waals surface area contributed by atoms with Crippen LogP contribution in [-0.4, -0.2) is 24.3 Å². The summed E-state index contributed by atoms with van der Waals surface area (Å²) in [5.74, 6) is 0.882. The van der Waals surface area contributed by atoms with E-state index in [-0.39, 0.29) is 6.10 Å². The van der Waals surface area contributed by atoms with Crippen LogP contribution >= 0.6 is 12.2 Å². The number of nitrogens with two attached hydrogens (primary N) is 1. The Balaban J connectivity index is 2.09. The van der Waals surface area contributed by atoms with Crippen molar-refractivity contribution in [1.29, 1.82) is 0 Å². The van der Waals surface area contributed by atoms with Gasteiger partial charge in [0.1, 0.15) is 16.8 Å². The zero-order valence-electron chi connectivity index (χ0n) is 11.5. The second-order valence-corrected chi connectivity index (χ2v) is 5.55. The summed E-state index contributed by atoms with van der Waals surface area (Å²) in [4.78, 5) is 0.406. The highest BCUT2D eigenvalue weighted by Crippen LogP contribution is 2.27. The normalized spacial score (nSPS) is 23.1. The van der Waals surface area contributed by atoms with Crippen LogP contribution in [0.4, 0.5) is 0 Å². The minimum absolute atomic E-state index is 0.221. The van der Waals surface area contributed by atoms with E-state index < -0.39 is 0 Å². The second-order valence-electron chi connectivity index (χ2n) is 5.11. The van der Waals surface area contributed by atoms with Crippen LogP contribution in [0, 0.1) is 6.92 Å². The topological polar surface area (TPSA) is 44.5 Å². The number of benzene rings is 1. The molecular weight excluding hydrogens is 258 g/mol. The molecule has 3 nitrogen and oxygen atoms in total. The summed E-state index contributed by atoms with van der Waals surface area (Å²) < 4.78 is 11.5. The summed E-state index contributed by atoms with van der Waals surface area (Å²) in [6.07, 6.45) is 4.85. The molecule has 19 heavy (non-hydrogen) atoms. The maximum Gasteiger partial charge on any atom is 0.123 e. The molecule has 0 radical (unpaired) electrons. The van der Waals surface area contributed by atoms with Crippen LogP contribution in [0.15, 0.2) is 18.2 Å². The van der Waals surface area contributed by atoms with Gasteiger partial charge < -0.3 is 15.2 Å². The van der Waals surface area contributed by atoms with E-state index in [0.717, 1.165) is 42.6 Å². The average molecular weight is 279 g/mol. The SMILES string of the molecule is COC1CCCC(Oc2cc(C(N)=S)ccc2C)C1. The van der Waals surface area contributed by atoms with Gasteiger partial charge in [0.25, 0.3) is 0 Å². The Morgan fingerprint density at radius 2 is 2.05 bits per heavy atom. The highest BCUT2D eigenvalue weighted by atomic mass is 32.1. The van der Waals surface area contributed by atoms with Gasteiger partial charge in [-0.3, -0.25) is 0 Å². The molecule has 2 rings (SSSR count). The third-order valence-electron chi connectivity index (χ3n) is 3.68. The van der Waals surface area contributed by atoms with Gasteiger partial charge in [-0.1, -0.05) is 24.4 Å². The summed E-state index contributed by atoms with van der Waals surface area (Å²) in [5.41, 5.74) is 7.63. The van der Waals surface area contributed by atoms with E-state index in [9.17, 15) is 0 Å². The Morgan fingerprint density at radius 3 is 2.74 bits per heavy atom. The van der Waals surface area contributed by atoms with E-state index in [1.807, 2.05) is 25.1 Å². The largest absolute Gasteiger partial charge is 0.490 e. The minimum Gasteiger partial charge on any atom is -0.490 e. The van der Waals surface area contributed by atoms with Crippen LogP contribution in [0.3, 0.4) is 0 Å². The van der Waals surface area contributed by atoms with Gasteiger partial charge in [-0.25, -0.2) is 0 Å². The summed E-state index contributed by atoms with van der Waals surface area (Å²) in [6, 6.07) is 5.87. The first-order valence-corrected chi connectivity index (χ1v) is 7.11. The van der Waals surface area contributed by atoms with E-state index in [4.69, 9.17) is 27.4 Å². The van der Waals surface area contributed by atoms with Gasteiger partial charge in [0.15, 0.2) is 0 Å². The van der Waals surface area contributed by atoms with Gasteiger partial charge in [0, 0.05) is 19.1 Å². The Hall–Kier alpha value is -1.13. The van der Waals surface area contributed by atoms with Crippen molar-refractivity contribution in [2.24, 2.45) is 5.73 Å². The molecule has 1 aliphatic rings. The van der Waals surface area contributed by atoms with E-state index in [0.29, 0.717) is 11.1 Å². The first-order valence-electron chi connectivity index (χ1n) is 6.70. The van der Waals surface area contributed by atoms with Crippen LogP contribution < -0.4 is 10.5 Å². The molecule has 2 atom stereocenters. The zero-order chi connectivity index (χ0) is 13.8. The van der Waals surface area contributed by atoms with Gasteiger partial charge in [-0.2, -0.15) is 0 Å². The molecule has 1 fully saturated rings. The molecule has 2 unspecified atom stereocenters. The third kappa shape index (κ3) is 3.67. The Bertz CT molecular complexity index is 461. The smallest absolute Gasteiger partial charge is 0.123 e. The van der Waals surface area contributed by atoms with Crippen molar-refractivity contribution in [2.45, 2.75) is 44.8 Å². The number of methoxy groups -OCH3 is 1. The molecule has 0 aromatic heterocycles. The summed E-state index contributed by atoms with van der Waals surface area (Å²) >= 11 is 5.01. The first-order chi connectivity index (χ1) is 9.10. The van der Waals surface area contributed by atoms with E-state index in [2.05, 4.69) is 0 Å². The van der Waals surface area contributed by atoms with Crippen molar-refractivity contribution in [1.82, 2.24) is 0 Å². The van der Waals surface area contributed by atoms with Crippen molar-refractivity contribution in [3.8, 4) is 5.75 Å². The Kier molecular flexibility index (Phi) is 4.77. The molecule has 0 amide bonds. The number of rotatable bonds is 4. The van der Waals surface area contributed by atoms with Gasteiger partial charge in [0.05, 0.1) is 6.10 Å². The number of thiocarbonyl (C=S) groups is 1. The number of aryl methyl sites for hydroxylation is 1. The van der Waals surface area contributed by atoms with Crippen molar-refractivity contribution in [3.05, 3.63) is 29.3 Å². The monoisotopic (exact) mass is 279 g/mol. The summed E-state index contributed by atoms with van der Waals surface area (Å²) in [7, 11) is 1.77. The molecule has 0 bridgehead atoms. The fraction of sp³-hybridized carbons (Fsp3) is 0.533. The Morgan fingerprint density at radius 1 is 1.32 bits per heavy atom. The first kappa shape index (κ1) is 14.3. The molecule has 0 spiro atoms. The molecule has 1 aliphatic carbocycles. The maximum atomic E-state index is 6.11. The predicted octanol–water partition coefficient (Wildman–Crippen LogP) is 2.97. The fourth-order valence-electron chi connectivity index (χ4n) is 2.48. The molecule has 1 aromatic rings. The molecular formula is C15H21NO2S. The molecule has 1 aromatic carbocycles. The molecule has 2 N–H and O–H groups in total. The quantitative estimate of drug-likeness (QED) is 0.861. The van der Waals surface area contributed by atoms with Crippen LogP contribution in [0.5, 0.6) is 5.75 Å². The molecule has 4 heteroatoms. The zero-order valence-corrected chi connectivity index (χ0v) is 12.3. The molecule has 104 valence electrons. The minimum atomic E-state index is 0.221. The van der Waals surface area contributed by atoms with Crippen LogP contribution in [0.2, 0.25) is 0 Å². The van der Waals surface area contributed by atoms with E-state index in [1.54, 1.807) is 7.11 Å². The predicted molar refractivity (Wildman–Crippen MR) is 80.7 cm³/mol. The standard InChI is InChI=1S/C15H21NO2S/c1-10-6-7-11(15(16)19)8-14(10)18-13-5-3-4-12(9-13)17-2/h6-8,12-13H,3-5,9H2,1-2H3,(H2,16,19). The van der Waals surface area contributed by atoms with E-state index >= 15 is 0 Å². The third-order valence-corrected chi connectivity index (χ3v) is 3.91. The van der Waals surface area contributed by atoms with Crippen LogP contribution in [0.1, 0.15) is 36.8 Å². The van der Waals surface area contributed by atoms with Gasteiger partial charge >= 0.3 is 0 Å². The molecule has 0 aliphatic heterocycles. The molecule has 1 saturated carbocycles. The molecule has 0 heterocycles. The number of hydrogen-bond donors (Lipinski definition) is 1. The van der Waals surface area contributed by atoms with Crippen molar-refractivity contribution in [2.75, 3.05) is 7.11 Å². The van der Waals surface area contributed by atoms with Gasteiger partial charge in [-0.05, 0) is 37.8 Å². The summed E-state index contributed by atoms with van der Waals surface area (Å²) in [5, 5.41) is 0. The van der Waals surface area contributed by atoms with Gasteiger partial charge in [0.2, 0.25) is 0 Å². The lowest BCUT2D eigenvalue weighted by Crippen LogP contribution is -2.29. The van der Waals surface area contributed by atoms with E-state index in [1.165, 1.54) is 0 Å². The van der Waals surface area contributed by atoms with Gasteiger partial charge in [-0.15, -0.1) is 0 Å². The highest BCUT2D eigenvalue weighted by Gasteiger charge is 2.23. The number of hydrogen-bond acceptors (Lipinski definition) is 3. The summed E-state index contributed by atoms with van der Waals surface area (Å²) in [6.45, 7) is 2.04. The molecule has 0 saturated heterocycles. The fourth-order valence-corrected chi connectivity index (χ4v) is 2.61. The van der Waals surface area contributed by atoms with Crippen LogP contribution in [-0.2, 0) is 4.74 Å². The second kappa shape index (κ2) is 6.35.